The van der Waals surface area contributed by atoms with Crippen molar-refractivity contribution in [2.24, 2.45) is 0 Å². The molecule has 9 saturated heterocycles. The Balaban J connectivity index is 0.837. The predicted molar refractivity (Wildman–Crippen MR) is 225 cm³/mol. The molecular formula is C45H65N9O9. The van der Waals surface area contributed by atoms with E-state index < -0.39 is 48.3 Å². The first kappa shape index (κ1) is 43.6. The lowest BCUT2D eigenvalue weighted by atomic mass is 10.1. The summed E-state index contributed by atoms with van der Waals surface area (Å²) in [7, 11) is 0. The molecule has 9 rings (SSSR count). The summed E-state index contributed by atoms with van der Waals surface area (Å²) in [5.74, 6) is -1.79. The number of hydrogen-bond acceptors (Lipinski definition) is 10. The van der Waals surface area contributed by atoms with Crippen molar-refractivity contribution in [1.82, 2.24) is 44.5 Å². The minimum atomic E-state index is -0.776. The van der Waals surface area contributed by atoms with Gasteiger partial charge < -0.3 is 49.3 Å². The lowest BCUT2D eigenvalue weighted by molar-refractivity contribution is -0.155. The van der Waals surface area contributed by atoms with Gasteiger partial charge in [-0.05, 0) is 122 Å². The van der Waals surface area contributed by atoms with Crippen LogP contribution in [0, 0.1) is 0 Å². The van der Waals surface area contributed by atoms with Crippen LogP contribution in [0.3, 0.4) is 0 Å². The number of aldehydes is 1. The summed E-state index contributed by atoms with van der Waals surface area (Å²) in [6, 6.07) is -5.75. The fraction of sp³-hybridized carbons (Fsp3) is 0.800. The number of nitrogens with one attached hydrogen (secondary N) is 1. The van der Waals surface area contributed by atoms with Crippen molar-refractivity contribution >= 4 is 53.5 Å². The van der Waals surface area contributed by atoms with Crippen molar-refractivity contribution in [3.8, 4) is 0 Å². The molecule has 9 aliphatic rings. The molecule has 18 nitrogen and oxygen atoms in total. The maximum Gasteiger partial charge on any atom is 0.246 e. The van der Waals surface area contributed by atoms with Crippen LogP contribution in [0.5, 0.6) is 0 Å². The first-order valence-corrected chi connectivity index (χ1v) is 24.2. The van der Waals surface area contributed by atoms with Gasteiger partial charge in [0, 0.05) is 52.4 Å². The molecule has 0 radical (unpaired) electrons. The van der Waals surface area contributed by atoms with Gasteiger partial charge >= 0.3 is 0 Å². The van der Waals surface area contributed by atoms with Crippen molar-refractivity contribution in [3.63, 3.8) is 0 Å². The first-order valence-electron chi connectivity index (χ1n) is 24.2. The Morgan fingerprint density at radius 1 is 0.317 bits per heavy atom. The Morgan fingerprint density at radius 2 is 0.571 bits per heavy atom. The van der Waals surface area contributed by atoms with Crippen LogP contribution < -0.4 is 5.32 Å². The Labute approximate surface area is 369 Å². The average Bonchev–Trinajstić information content (AvgIpc) is 4.17. The van der Waals surface area contributed by atoms with Crippen LogP contribution >= 0.6 is 0 Å². The molecule has 0 aromatic rings. The van der Waals surface area contributed by atoms with Gasteiger partial charge in [-0.1, -0.05) is 0 Å². The second kappa shape index (κ2) is 18.5. The maximum atomic E-state index is 14.5. The zero-order chi connectivity index (χ0) is 43.9. The number of likely N-dealkylation sites (tertiary alicyclic amines) is 8. The standard InChI is InChI=1S/C45H65N9O9/c55-28-29-10-2-20-47(29)39(57)31-12-4-22-49(31)41(59)33-14-6-24-51(33)43(61)35-16-8-26-53(35)45(63)37-18-9-27-54(37)44(62)36-17-7-25-52(36)42(60)34-15-5-23-50(34)40(58)32-13-3-21-48(32)38(56)30-11-1-19-46-30/h28-37,46H,1-27H2/t29-,30-,31-,32-,33-,34-,35-,36-,37-/m0/s1. The SMILES string of the molecule is O=C[C@@H]1CCCN1C(=O)[C@@H]1CCCN1C(=O)[C@@H]1CCCN1C(=O)[C@@H]1CCCN1C(=O)[C@@H]1CCCN1C(=O)[C@@H]1CCCN1C(=O)[C@@H]1CCCN1C(=O)[C@@H]1CCCN1C(=O)[C@@H]1CCCN1. The van der Waals surface area contributed by atoms with E-state index in [2.05, 4.69) is 5.32 Å². The minimum Gasteiger partial charge on any atom is -0.331 e. The molecule has 9 atom stereocenters. The lowest BCUT2D eigenvalue weighted by Crippen LogP contribution is -2.59. The highest BCUT2D eigenvalue weighted by Crippen LogP contribution is 2.34. The van der Waals surface area contributed by atoms with E-state index in [1.54, 1.807) is 39.2 Å². The average molecular weight is 876 g/mol. The molecule has 0 aromatic carbocycles. The fourth-order valence-corrected chi connectivity index (χ4v) is 12.7. The highest BCUT2D eigenvalue weighted by molar-refractivity contribution is 5.99. The molecule has 1 N–H and O–H groups in total. The third kappa shape index (κ3) is 8.00. The Morgan fingerprint density at radius 3 is 0.841 bits per heavy atom. The zero-order valence-corrected chi connectivity index (χ0v) is 36.6. The van der Waals surface area contributed by atoms with Crippen molar-refractivity contribution in [3.05, 3.63) is 0 Å². The largest absolute Gasteiger partial charge is 0.331 e. The molecule has 8 amide bonds. The van der Waals surface area contributed by atoms with Crippen LogP contribution in [-0.4, -0.2) is 206 Å². The summed E-state index contributed by atoms with van der Waals surface area (Å²) in [6.07, 6.45) is 11.7. The van der Waals surface area contributed by atoms with Crippen LogP contribution in [0.2, 0.25) is 0 Å². The normalized spacial score (nSPS) is 33.4. The third-order valence-electron chi connectivity index (χ3n) is 15.8. The van der Waals surface area contributed by atoms with E-state index in [1.807, 2.05) is 0 Å². The highest BCUT2D eigenvalue weighted by Gasteiger charge is 2.51. The monoisotopic (exact) mass is 875 g/mol. The molecule has 0 spiro atoms. The molecular weight excluding hydrogens is 811 g/mol. The molecule has 0 aromatic heterocycles. The molecule has 0 bridgehead atoms. The van der Waals surface area contributed by atoms with Gasteiger partial charge in [-0.2, -0.15) is 0 Å². The Bertz CT molecular complexity index is 1860. The van der Waals surface area contributed by atoms with Gasteiger partial charge in [0.15, 0.2) is 0 Å². The van der Waals surface area contributed by atoms with E-state index in [0.717, 1.165) is 38.5 Å². The Kier molecular flexibility index (Phi) is 12.8. The van der Waals surface area contributed by atoms with Crippen molar-refractivity contribution in [2.45, 2.75) is 170 Å². The van der Waals surface area contributed by atoms with Crippen molar-refractivity contribution < 1.29 is 43.2 Å². The summed E-state index contributed by atoms with van der Waals surface area (Å²) in [5.41, 5.74) is 0. The lowest BCUT2D eigenvalue weighted by Gasteiger charge is -2.37. The van der Waals surface area contributed by atoms with Gasteiger partial charge in [-0.25, -0.2) is 0 Å². The van der Waals surface area contributed by atoms with Gasteiger partial charge in [0.2, 0.25) is 47.3 Å². The number of amides is 8. The van der Waals surface area contributed by atoms with Gasteiger partial charge in [-0.3, -0.25) is 38.4 Å². The second-order valence-electron chi connectivity index (χ2n) is 19.4. The summed E-state index contributed by atoms with van der Waals surface area (Å²) < 4.78 is 0. The van der Waals surface area contributed by atoms with E-state index in [-0.39, 0.29) is 53.3 Å². The van der Waals surface area contributed by atoms with Gasteiger partial charge in [0.25, 0.3) is 0 Å². The minimum absolute atomic E-state index is 0.0425. The molecule has 9 aliphatic heterocycles. The maximum absolute atomic E-state index is 14.5. The topological polar surface area (TPSA) is 192 Å². The van der Waals surface area contributed by atoms with Gasteiger partial charge in [0.1, 0.15) is 48.6 Å². The predicted octanol–water partition coefficient (Wildman–Crippen LogP) is -0.135. The zero-order valence-electron chi connectivity index (χ0n) is 36.6. The number of carbonyl (C=O) groups excluding carboxylic acids is 9. The van der Waals surface area contributed by atoms with Gasteiger partial charge in [-0.15, -0.1) is 0 Å². The van der Waals surface area contributed by atoms with Crippen LogP contribution in [-0.2, 0) is 43.2 Å². The van der Waals surface area contributed by atoms with Crippen LogP contribution in [0.4, 0.5) is 0 Å². The third-order valence-corrected chi connectivity index (χ3v) is 15.8. The number of nitrogens with zero attached hydrogens (tertiary/aromatic N) is 8. The molecule has 0 unspecified atom stereocenters. The summed E-state index contributed by atoms with van der Waals surface area (Å²) >= 11 is 0. The summed E-state index contributed by atoms with van der Waals surface area (Å²) in [6.45, 7) is 4.10. The highest BCUT2D eigenvalue weighted by atomic mass is 16.2. The summed E-state index contributed by atoms with van der Waals surface area (Å²) in [4.78, 5) is 138. The van der Waals surface area contributed by atoms with E-state index in [9.17, 15) is 43.2 Å². The van der Waals surface area contributed by atoms with Crippen LogP contribution in [0.25, 0.3) is 0 Å². The van der Waals surface area contributed by atoms with E-state index >= 15 is 0 Å². The molecule has 9 heterocycles. The number of rotatable bonds is 9. The number of hydrogen-bond donors (Lipinski definition) is 1. The quantitative estimate of drug-likeness (QED) is 0.306. The van der Waals surface area contributed by atoms with Crippen LogP contribution in [0.15, 0.2) is 0 Å². The molecule has 344 valence electrons. The van der Waals surface area contributed by atoms with E-state index in [4.69, 9.17) is 0 Å². The summed E-state index contributed by atoms with van der Waals surface area (Å²) in [5, 5.41) is 3.25. The van der Waals surface area contributed by atoms with Crippen molar-refractivity contribution in [2.75, 3.05) is 58.9 Å². The molecule has 9 fully saturated rings. The smallest absolute Gasteiger partial charge is 0.246 e. The van der Waals surface area contributed by atoms with Crippen LogP contribution in [0.1, 0.15) is 116 Å². The first-order chi connectivity index (χ1) is 30.6. The molecule has 63 heavy (non-hydrogen) atoms. The second-order valence-corrected chi connectivity index (χ2v) is 19.4. The van der Waals surface area contributed by atoms with Crippen molar-refractivity contribution in [1.29, 1.82) is 0 Å². The number of carbonyl (C=O) groups is 9. The van der Waals surface area contributed by atoms with E-state index in [1.165, 1.54) is 0 Å². The Hall–Kier alpha value is -4.61. The molecule has 18 heteroatoms. The van der Waals surface area contributed by atoms with E-state index in [0.29, 0.717) is 142 Å². The molecule has 0 saturated carbocycles. The van der Waals surface area contributed by atoms with Gasteiger partial charge in [0.05, 0.1) is 12.1 Å². The fourth-order valence-electron chi connectivity index (χ4n) is 12.7. The molecule has 0 aliphatic carbocycles.